The van der Waals surface area contributed by atoms with Gasteiger partial charge in [0.2, 0.25) is 6.04 Å². The van der Waals surface area contributed by atoms with Gasteiger partial charge in [-0.1, -0.05) is 37.8 Å². The summed E-state index contributed by atoms with van der Waals surface area (Å²) < 4.78 is 6.86. The molecule has 6 atom stereocenters. The molecule has 8 heteroatoms. The van der Waals surface area contributed by atoms with Gasteiger partial charge in [-0.25, -0.2) is 9.78 Å². The Balaban J connectivity index is 1.33. The van der Waals surface area contributed by atoms with E-state index in [1.54, 1.807) is 6.92 Å². The van der Waals surface area contributed by atoms with Crippen LogP contribution in [-0.4, -0.2) is 45.2 Å². The quantitative estimate of drug-likeness (QED) is 0.390. The minimum atomic E-state index is -1.55. The van der Waals surface area contributed by atoms with Crippen LogP contribution in [0.2, 0.25) is 0 Å². The molecule has 2 saturated heterocycles. The molecule has 2 aliphatic carbocycles. The Labute approximate surface area is 217 Å². The third kappa shape index (κ3) is 4.51. The lowest BCUT2D eigenvalue weighted by Crippen LogP contribution is -2.52. The highest BCUT2D eigenvalue weighted by Crippen LogP contribution is 2.48. The van der Waals surface area contributed by atoms with Crippen LogP contribution in [0.25, 0.3) is 11.0 Å². The summed E-state index contributed by atoms with van der Waals surface area (Å²) in [5.41, 5.74) is 0.837. The number of benzene rings is 1. The summed E-state index contributed by atoms with van der Waals surface area (Å²) in [5.74, 6) is 0.944. The smallest absolute Gasteiger partial charge is 0.341 e. The van der Waals surface area contributed by atoms with E-state index in [2.05, 4.69) is 15.1 Å². The van der Waals surface area contributed by atoms with Gasteiger partial charge in [0.25, 0.3) is 5.56 Å². The fourth-order valence-electron chi connectivity index (χ4n) is 8.24. The number of ether oxygens (including phenoxy) is 1. The van der Waals surface area contributed by atoms with Gasteiger partial charge in [-0.15, -0.1) is 4.91 Å². The Kier molecular flexibility index (Phi) is 6.86. The summed E-state index contributed by atoms with van der Waals surface area (Å²) in [5, 5.41) is 2.97. The Morgan fingerprint density at radius 1 is 0.973 bits per heavy atom. The van der Waals surface area contributed by atoms with Crippen LogP contribution in [0.3, 0.4) is 0 Å². The Morgan fingerprint density at radius 3 is 2.30 bits per heavy atom. The molecule has 1 aromatic heterocycles. The Bertz CT molecular complexity index is 1200. The van der Waals surface area contributed by atoms with Crippen LogP contribution in [-0.2, 0) is 9.53 Å². The molecule has 2 aliphatic heterocycles. The van der Waals surface area contributed by atoms with E-state index >= 15 is 0 Å². The van der Waals surface area contributed by atoms with E-state index in [1.807, 2.05) is 28.8 Å². The number of nitrogens with zero attached hydrogens (tertiary/aromatic N) is 4. The van der Waals surface area contributed by atoms with Gasteiger partial charge in [-0.05, 0) is 81.0 Å². The van der Waals surface area contributed by atoms with Crippen molar-refractivity contribution in [2.45, 2.75) is 108 Å². The van der Waals surface area contributed by atoms with Crippen LogP contribution in [0.15, 0.2) is 34.2 Å². The van der Waals surface area contributed by atoms with Crippen LogP contribution < -0.4 is 5.56 Å². The highest BCUT2D eigenvalue weighted by molar-refractivity contribution is 5.79. The maximum Gasteiger partial charge on any atom is 0.341 e. The van der Waals surface area contributed by atoms with Crippen LogP contribution >= 0.6 is 0 Å². The highest BCUT2D eigenvalue weighted by atomic mass is 16.5. The van der Waals surface area contributed by atoms with Gasteiger partial charge >= 0.3 is 5.97 Å². The lowest BCUT2D eigenvalue weighted by molar-refractivity contribution is -0.144. The van der Waals surface area contributed by atoms with Crippen LogP contribution in [0, 0.1) is 16.7 Å². The summed E-state index contributed by atoms with van der Waals surface area (Å²) in [4.78, 5) is 45.3. The van der Waals surface area contributed by atoms with Crippen LogP contribution in [0.4, 0.5) is 0 Å². The first-order valence-corrected chi connectivity index (χ1v) is 14.3. The summed E-state index contributed by atoms with van der Waals surface area (Å²) in [6.45, 7) is 1.77. The average Bonchev–Trinajstić information content (AvgIpc) is 3.05. The van der Waals surface area contributed by atoms with Crippen LogP contribution in [0.1, 0.15) is 95.3 Å². The van der Waals surface area contributed by atoms with Crippen molar-refractivity contribution in [2.75, 3.05) is 6.61 Å². The van der Waals surface area contributed by atoms with Gasteiger partial charge in [0.15, 0.2) is 0 Å². The Hall–Kier alpha value is -2.61. The molecule has 0 radical (unpaired) electrons. The normalized spacial score (nSPS) is 32.6. The van der Waals surface area contributed by atoms with Gasteiger partial charge in [0, 0.05) is 24.2 Å². The summed E-state index contributed by atoms with van der Waals surface area (Å²) in [7, 11) is 0. The van der Waals surface area contributed by atoms with Gasteiger partial charge < -0.3 is 9.30 Å². The predicted molar refractivity (Wildman–Crippen MR) is 141 cm³/mol. The molecule has 37 heavy (non-hydrogen) atoms. The molecule has 198 valence electrons. The zero-order valence-corrected chi connectivity index (χ0v) is 21.8. The molecule has 2 aromatic rings. The van der Waals surface area contributed by atoms with Crippen molar-refractivity contribution in [1.82, 2.24) is 14.5 Å². The second-order valence-electron chi connectivity index (χ2n) is 11.8. The number of aromatic nitrogens is 2. The molecule has 0 amide bonds. The number of esters is 1. The number of fused-ring (bicyclic) bond motifs is 5. The fourth-order valence-corrected chi connectivity index (χ4v) is 8.24. The van der Waals surface area contributed by atoms with Gasteiger partial charge in [-0.2, -0.15) is 0 Å². The van der Waals surface area contributed by atoms with E-state index in [-0.39, 0.29) is 18.3 Å². The molecule has 4 bridgehead atoms. The van der Waals surface area contributed by atoms with E-state index in [0.29, 0.717) is 23.6 Å². The number of piperidine rings is 1. The number of nitroso groups, excluding NO2 is 1. The molecule has 2 saturated carbocycles. The molecule has 0 spiro atoms. The van der Waals surface area contributed by atoms with Crippen molar-refractivity contribution in [3.8, 4) is 0 Å². The molecule has 4 aliphatic rings. The SMILES string of the molecule is CCOC(=O)C(N=O)c1nc2ccccc2n(C2C[C@H]3CC[C@@H](C2)N3C2CC3CCCCC(C3)C2)c1=O. The largest absolute Gasteiger partial charge is 0.464 e. The topological polar surface area (TPSA) is 93.9 Å². The average molecular weight is 507 g/mol. The molecule has 0 N–H and O–H groups in total. The number of hydrogen-bond donors (Lipinski definition) is 0. The third-order valence-corrected chi connectivity index (χ3v) is 9.60. The van der Waals surface area contributed by atoms with Crippen molar-refractivity contribution in [3.63, 3.8) is 0 Å². The van der Waals surface area contributed by atoms with E-state index in [9.17, 15) is 14.5 Å². The minimum absolute atomic E-state index is 0.00765. The number of carbonyl (C=O) groups is 1. The first-order chi connectivity index (χ1) is 18.1. The maximum atomic E-state index is 13.9. The molecule has 3 heterocycles. The molecule has 4 unspecified atom stereocenters. The number of rotatable bonds is 6. The molecular formula is C29H38N4O4. The summed E-state index contributed by atoms with van der Waals surface area (Å²) >= 11 is 0. The van der Waals surface area contributed by atoms with Crippen molar-refractivity contribution < 1.29 is 9.53 Å². The molecule has 4 fully saturated rings. The van der Waals surface area contributed by atoms with E-state index in [1.165, 1.54) is 57.8 Å². The first kappa shape index (κ1) is 24.7. The Morgan fingerprint density at radius 2 is 1.65 bits per heavy atom. The van der Waals surface area contributed by atoms with Crippen molar-refractivity contribution in [1.29, 1.82) is 0 Å². The zero-order valence-electron chi connectivity index (χ0n) is 21.8. The maximum absolute atomic E-state index is 13.9. The van der Waals surface area contributed by atoms with E-state index in [0.717, 1.165) is 30.2 Å². The molecular weight excluding hydrogens is 468 g/mol. The monoisotopic (exact) mass is 506 g/mol. The zero-order chi connectivity index (χ0) is 25.5. The van der Waals surface area contributed by atoms with Crippen molar-refractivity contribution in [2.24, 2.45) is 17.0 Å². The van der Waals surface area contributed by atoms with E-state index < -0.39 is 17.6 Å². The number of hydrogen-bond acceptors (Lipinski definition) is 7. The molecule has 1 aromatic carbocycles. The number of carbonyl (C=O) groups excluding carboxylic acids is 1. The van der Waals surface area contributed by atoms with Crippen molar-refractivity contribution in [3.05, 3.63) is 45.2 Å². The fraction of sp³-hybridized carbons (Fsp3) is 0.690. The standard InChI is InChI=1S/C29H38N4O4/c1-2-37-29(35)27(31-36)26-28(34)33(25-10-6-5-9-24(25)30-26)23-16-20-11-12-21(17-23)32(20)22-14-18-7-3-4-8-19(13-18)15-22/h5-6,9-10,18-23,27H,2-4,7-8,11-17H2,1H3/t18?,19?,20-,21+,22?,23?,27?. The van der Waals surface area contributed by atoms with Gasteiger partial charge in [0.1, 0.15) is 5.69 Å². The third-order valence-electron chi connectivity index (χ3n) is 9.60. The number of para-hydroxylation sites is 2. The summed E-state index contributed by atoms with van der Waals surface area (Å²) in [6, 6.07) is 7.59. The second-order valence-corrected chi connectivity index (χ2v) is 11.8. The molecule has 8 nitrogen and oxygen atoms in total. The minimum Gasteiger partial charge on any atom is -0.464 e. The predicted octanol–water partition coefficient (Wildman–Crippen LogP) is 5.29. The van der Waals surface area contributed by atoms with Crippen molar-refractivity contribution >= 4 is 17.0 Å². The summed E-state index contributed by atoms with van der Waals surface area (Å²) in [6.07, 6.45) is 13.9. The lowest BCUT2D eigenvalue weighted by Gasteiger charge is -2.48. The van der Waals surface area contributed by atoms with Gasteiger partial charge in [0.05, 0.1) is 17.6 Å². The lowest BCUT2D eigenvalue weighted by atomic mass is 9.76. The first-order valence-electron chi connectivity index (χ1n) is 14.3. The van der Waals surface area contributed by atoms with E-state index in [4.69, 9.17) is 4.74 Å². The highest BCUT2D eigenvalue weighted by Gasteiger charge is 2.47. The van der Waals surface area contributed by atoms with Crippen LogP contribution in [0.5, 0.6) is 0 Å². The molecule has 6 rings (SSSR count). The second kappa shape index (κ2) is 10.3. The van der Waals surface area contributed by atoms with Gasteiger partial charge in [-0.3, -0.25) is 9.69 Å².